The first kappa shape index (κ1) is 39.0. The zero-order chi connectivity index (χ0) is 34.7. The van der Waals surface area contributed by atoms with Gasteiger partial charge in [-0.1, -0.05) is 0 Å². The Bertz CT molecular complexity index is 962. The van der Waals surface area contributed by atoms with Crippen LogP contribution in [-0.4, -0.2) is 204 Å². The molecule has 0 bridgehead atoms. The molecule has 4 aliphatic rings. The Kier molecular flexibility index (Phi) is 14.1. The van der Waals surface area contributed by atoms with Crippen LogP contribution in [0.25, 0.3) is 0 Å². The van der Waals surface area contributed by atoms with E-state index in [1.165, 1.54) is 0 Å². The monoisotopic (exact) mass is 686 g/mol. The SMILES string of the molecule is CN(C)CCO[C@H]1[C@H](O[C@@H]2[C@@H](O)[C@H](N)C[C@H](N)[C@H]2O[C@H]2O[C@H](CO)[C@@H](O)[C@H](O)[C@H]2N)O[C@H](CO)[C@H]1O[C@H]1O[C@@H](CN)[C@@H](O)[C@H](O)[C@H]1N. The molecule has 0 unspecified atom stereocenters. The fourth-order valence-corrected chi connectivity index (χ4v) is 6.23. The molecule has 3 saturated heterocycles. The van der Waals surface area contributed by atoms with Crippen LogP contribution in [0, 0.1) is 0 Å². The first-order valence-corrected chi connectivity index (χ1v) is 15.8. The second-order valence-corrected chi connectivity index (χ2v) is 12.8. The molecule has 4 fully saturated rings. The van der Waals surface area contributed by atoms with Crippen molar-refractivity contribution in [2.24, 2.45) is 28.7 Å². The maximum Gasteiger partial charge on any atom is 0.187 e. The van der Waals surface area contributed by atoms with E-state index in [9.17, 15) is 35.7 Å². The van der Waals surface area contributed by atoms with E-state index < -0.39 is 129 Å². The molecular weight excluding hydrogens is 632 g/mol. The molecule has 3 heterocycles. The Balaban J connectivity index is 1.59. The number of aliphatic hydroxyl groups excluding tert-OH is 7. The molecule has 19 atom stereocenters. The molecule has 4 rings (SSSR count). The van der Waals surface area contributed by atoms with E-state index in [1.54, 1.807) is 0 Å². The molecular formula is C27H54N6O14. The minimum Gasteiger partial charge on any atom is -0.394 e. The van der Waals surface area contributed by atoms with Crippen molar-refractivity contribution in [3.8, 4) is 0 Å². The smallest absolute Gasteiger partial charge is 0.187 e. The number of hydrogen-bond donors (Lipinski definition) is 12. The Hall–Kier alpha value is -0.800. The first-order valence-electron chi connectivity index (χ1n) is 15.8. The molecule has 20 nitrogen and oxygen atoms in total. The summed E-state index contributed by atoms with van der Waals surface area (Å²) in [6.07, 6.45) is -19.1. The minimum atomic E-state index is -1.51. The van der Waals surface area contributed by atoms with Crippen molar-refractivity contribution >= 4 is 0 Å². The van der Waals surface area contributed by atoms with Crippen LogP contribution in [0.5, 0.6) is 0 Å². The lowest BCUT2D eigenvalue weighted by molar-refractivity contribution is -0.312. The van der Waals surface area contributed by atoms with Crippen LogP contribution in [0.1, 0.15) is 6.42 Å². The average Bonchev–Trinajstić information content (AvgIpc) is 3.36. The van der Waals surface area contributed by atoms with E-state index in [-0.39, 0.29) is 19.6 Å². The molecule has 0 aromatic heterocycles. The zero-order valence-electron chi connectivity index (χ0n) is 26.5. The average molecular weight is 687 g/mol. The normalized spacial score (nSPS) is 49.5. The maximum absolute atomic E-state index is 11.2. The molecule has 0 spiro atoms. The summed E-state index contributed by atoms with van der Waals surface area (Å²) in [5.74, 6) is 0. The van der Waals surface area contributed by atoms with Crippen LogP contribution in [0.3, 0.4) is 0 Å². The third kappa shape index (κ3) is 8.57. The van der Waals surface area contributed by atoms with E-state index in [4.69, 9.17) is 61.8 Å². The molecule has 47 heavy (non-hydrogen) atoms. The quantitative estimate of drug-likeness (QED) is 0.0855. The van der Waals surface area contributed by atoms with Crippen LogP contribution in [0.15, 0.2) is 0 Å². The molecule has 0 radical (unpaired) electrons. The summed E-state index contributed by atoms with van der Waals surface area (Å²) < 4.78 is 42.1. The van der Waals surface area contributed by atoms with Gasteiger partial charge in [-0.15, -0.1) is 0 Å². The van der Waals surface area contributed by atoms with Gasteiger partial charge in [0.1, 0.15) is 67.1 Å². The number of likely N-dealkylation sites (N-methyl/N-ethyl adjacent to an activating group) is 1. The van der Waals surface area contributed by atoms with Crippen molar-refractivity contribution in [1.82, 2.24) is 4.90 Å². The molecule has 0 amide bonds. The predicted octanol–water partition coefficient (Wildman–Crippen LogP) is -8.28. The van der Waals surface area contributed by atoms with Crippen LogP contribution in [0.4, 0.5) is 0 Å². The standard InChI is InChI=1S/C27H54N6O14/c1-33(2)3-4-41-24-22(46-25-14(31)19(39)17(37)11(6-28)42-25)13(8-35)44-27(24)47-23-16(36)9(29)5-10(30)21(23)45-26-15(32)20(40)18(38)12(7-34)43-26/h9-27,34-40H,3-8,28-32H2,1-2H3/t9-,10+,11+,12-,13-,14-,15-,16+,17-,18-,19-,20-,21-,22-,23-,24-,25-,26-,27+/m1/s1. The molecule has 276 valence electrons. The number of aliphatic hydroxyl groups is 7. The molecule has 0 aromatic rings. The number of nitrogens with two attached hydrogens (primary N) is 5. The lowest BCUT2D eigenvalue weighted by Gasteiger charge is -2.47. The molecule has 0 aromatic carbocycles. The van der Waals surface area contributed by atoms with E-state index in [2.05, 4.69) is 0 Å². The summed E-state index contributed by atoms with van der Waals surface area (Å²) in [5, 5.41) is 72.6. The summed E-state index contributed by atoms with van der Waals surface area (Å²) in [6, 6.07) is -4.19. The highest BCUT2D eigenvalue weighted by atomic mass is 16.8. The fraction of sp³-hybridized carbons (Fsp3) is 1.00. The van der Waals surface area contributed by atoms with Gasteiger partial charge in [-0.3, -0.25) is 0 Å². The van der Waals surface area contributed by atoms with Crippen molar-refractivity contribution in [3.63, 3.8) is 0 Å². The zero-order valence-corrected chi connectivity index (χ0v) is 26.5. The van der Waals surface area contributed by atoms with Gasteiger partial charge in [-0.2, -0.15) is 0 Å². The third-order valence-electron chi connectivity index (χ3n) is 9.14. The van der Waals surface area contributed by atoms with E-state index in [0.29, 0.717) is 6.54 Å². The highest BCUT2D eigenvalue weighted by Gasteiger charge is 2.55. The van der Waals surface area contributed by atoms with Crippen molar-refractivity contribution in [2.75, 3.05) is 47.0 Å². The van der Waals surface area contributed by atoms with Gasteiger partial charge in [0, 0.05) is 25.2 Å². The number of rotatable bonds is 13. The van der Waals surface area contributed by atoms with Crippen LogP contribution < -0.4 is 28.7 Å². The van der Waals surface area contributed by atoms with Gasteiger partial charge in [0.05, 0.1) is 38.0 Å². The van der Waals surface area contributed by atoms with Crippen LogP contribution >= 0.6 is 0 Å². The fourth-order valence-electron chi connectivity index (χ4n) is 6.23. The van der Waals surface area contributed by atoms with Crippen molar-refractivity contribution in [2.45, 2.75) is 123 Å². The molecule has 17 N–H and O–H groups in total. The van der Waals surface area contributed by atoms with Gasteiger partial charge in [-0.05, 0) is 20.5 Å². The summed E-state index contributed by atoms with van der Waals surface area (Å²) in [5.41, 5.74) is 30.6. The summed E-state index contributed by atoms with van der Waals surface area (Å²) in [6.45, 7) is -0.760. The summed E-state index contributed by atoms with van der Waals surface area (Å²) in [4.78, 5) is 1.86. The number of ether oxygens (including phenoxy) is 7. The van der Waals surface area contributed by atoms with Gasteiger partial charge in [0.15, 0.2) is 18.9 Å². The van der Waals surface area contributed by atoms with Gasteiger partial charge < -0.3 is 102 Å². The largest absolute Gasteiger partial charge is 0.394 e. The van der Waals surface area contributed by atoms with Crippen molar-refractivity contribution in [1.29, 1.82) is 0 Å². The molecule has 3 aliphatic heterocycles. The topological polar surface area (TPSA) is 340 Å². The second-order valence-electron chi connectivity index (χ2n) is 12.8. The summed E-state index contributed by atoms with van der Waals surface area (Å²) >= 11 is 0. The third-order valence-corrected chi connectivity index (χ3v) is 9.14. The Labute approximate surface area is 272 Å². The van der Waals surface area contributed by atoms with Crippen molar-refractivity contribution < 1.29 is 68.9 Å². The van der Waals surface area contributed by atoms with Gasteiger partial charge in [0.2, 0.25) is 0 Å². The number of hydrogen-bond acceptors (Lipinski definition) is 20. The van der Waals surface area contributed by atoms with E-state index in [0.717, 1.165) is 0 Å². The van der Waals surface area contributed by atoms with Crippen LogP contribution in [-0.2, 0) is 33.2 Å². The minimum absolute atomic E-state index is 0.0922. The first-order chi connectivity index (χ1) is 22.2. The van der Waals surface area contributed by atoms with Gasteiger partial charge >= 0.3 is 0 Å². The predicted molar refractivity (Wildman–Crippen MR) is 159 cm³/mol. The van der Waals surface area contributed by atoms with Crippen LogP contribution in [0.2, 0.25) is 0 Å². The Morgan fingerprint density at radius 3 is 1.68 bits per heavy atom. The molecule has 20 heteroatoms. The second kappa shape index (κ2) is 16.9. The lowest BCUT2D eigenvalue weighted by Crippen LogP contribution is -2.68. The van der Waals surface area contributed by atoms with Crippen molar-refractivity contribution in [3.05, 3.63) is 0 Å². The van der Waals surface area contributed by atoms with Gasteiger partial charge in [0.25, 0.3) is 0 Å². The summed E-state index contributed by atoms with van der Waals surface area (Å²) in [7, 11) is 3.67. The van der Waals surface area contributed by atoms with Gasteiger partial charge in [-0.25, -0.2) is 0 Å². The highest BCUT2D eigenvalue weighted by molar-refractivity contribution is 5.02. The Morgan fingerprint density at radius 2 is 1.13 bits per heavy atom. The van der Waals surface area contributed by atoms with E-state index in [1.807, 2.05) is 19.0 Å². The highest BCUT2D eigenvalue weighted by Crippen LogP contribution is 2.35. The Morgan fingerprint density at radius 1 is 0.617 bits per heavy atom. The molecule has 1 aliphatic carbocycles. The lowest BCUT2D eigenvalue weighted by atomic mass is 9.84. The maximum atomic E-state index is 11.2. The molecule has 1 saturated carbocycles. The van der Waals surface area contributed by atoms with E-state index >= 15 is 0 Å². The number of nitrogens with zero attached hydrogens (tertiary/aromatic N) is 1.